The summed E-state index contributed by atoms with van der Waals surface area (Å²) in [5, 5.41) is 0. The Bertz CT molecular complexity index is 420. The largest absolute Gasteiger partial charge is 0.487 e. The lowest BCUT2D eigenvalue weighted by Gasteiger charge is -2.47. The number of allylic oxidation sites excluding steroid dienone is 1. The molecule has 4 nitrogen and oxygen atoms in total. The Morgan fingerprint density at radius 2 is 1.19 bits per heavy atom. The van der Waals surface area contributed by atoms with Gasteiger partial charge in [0, 0.05) is 19.8 Å². The van der Waals surface area contributed by atoms with Gasteiger partial charge in [-0.2, -0.15) is 0 Å². The van der Waals surface area contributed by atoms with Crippen molar-refractivity contribution >= 4 is 0 Å². The van der Waals surface area contributed by atoms with Crippen LogP contribution >= 0.6 is 0 Å². The summed E-state index contributed by atoms with van der Waals surface area (Å²) in [6, 6.07) is 0. The lowest BCUT2D eigenvalue weighted by Crippen LogP contribution is -2.60. The molecule has 0 aliphatic rings. The summed E-state index contributed by atoms with van der Waals surface area (Å²) in [5.41, 5.74) is -0.650. The Labute approximate surface area is 200 Å². The quantitative estimate of drug-likeness (QED) is 0.0874. The van der Waals surface area contributed by atoms with Gasteiger partial charge in [-0.3, -0.25) is 0 Å². The maximum atomic E-state index is 6.52. The predicted molar refractivity (Wildman–Crippen MR) is 137 cm³/mol. The normalized spacial score (nSPS) is 15.2. The molecule has 0 N–H and O–H groups in total. The molecule has 0 fully saturated rings. The van der Waals surface area contributed by atoms with E-state index in [1.54, 1.807) is 0 Å². The lowest BCUT2D eigenvalue weighted by molar-refractivity contribution is -0.441. The molecule has 0 aliphatic heterocycles. The fourth-order valence-electron chi connectivity index (χ4n) is 4.38. The molecular weight excluding hydrogens is 400 g/mol. The van der Waals surface area contributed by atoms with Gasteiger partial charge in [-0.25, -0.2) is 0 Å². The molecule has 32 heavy (non-hydrogen) atoms. The molecule has 0 bridgehead atoms. The van der Waals surface area contributed by atoms with Gasteiger partial charge in [-0.15, -0.1) is 0 Å². The molecule has 0 aromatic heterocycles. The first-order valence-electron chi connectivity index (χ1n) is 13.7. The number of ether oxygens (including phenoxy) is 4. The topological polar surface area (TPSA) is 36.9 Å². The van der Waals surface area contributed by atoms with Gasteiger partial charge in [0.1, 0.15) is 0 Å². The van der Waals surface area contributed by atoms with E-state index in [1.807, 2.05) is 40.0 Å². The number of hydrogen-bond acceptors (Lipinski definition) is 4. The minimum absolute atomic E-state index is 0.519. The molecule has 0 rings (SSSR count). The van der Waals surface area contributed by atoms with Gasteiger partial charge in [0.2, 0.25) is 0 Å². The first-order chi connectivity index (χ1) is 15.5. The fourth-order valence-corrected chi connectivity index (χ4v) is 4.38. The van der Waals surface area contributed by atoms with Crippen molar-refractivity contribution in [3.05, 3.63) is 12.3 Å². The van der Waals surface area contributed by atoms with E-state index < -0.39 is 11.6 Å². The van der Waals surface area contributed by atoms with Crippen molar-refractivity contribution in [3.8, 4) is 0 Å². The zero-order valence-electron chi connectivity index (χ0n) is 22.7. The minimum Gasteiger partial charge on any atom is -0.487 e. The minimum atomic E-state index is -1.18. The second-order valence-electron chi connectivity index (χ2n) is 9.07. The van der Waals surface area contributed by atoms with E-state index in [1.165, 1.54) is 57.8 Å². The van der Waals surface area contributed by atoms with Crippen LogP contribution in [-0.2, 0) is 18.9 Å². The summed E-state index contributed by atoms with van der Waals surface area (Å²) in [4.78, 5) is 0. The monoisotopic (exact) mass is 456 g/mol. The summed E-state index contributed by atoms with van der Waals surface area (Å²) in [5.74, 6) is -0.373. The van der Waals surface area contributed by atoms with Crippen LogP contribution < -0.4 is 0 Å². The molecule has 0 heterocycles. The molecule has 0 amide bonds. The van der Waals surface area contributed by atoms with Crippen molar-refractivity contribution in [1.29, 1.82) is 0 Å². The van der Waals surface area contributed by atoms with Crippen LogP contribution in [0.1, 0.15) is 132 Å². The summed E-state index contributed by atoms with van der Waals surface area (Å²) in [7, 11) is 0. The standard InChI is InChI=1S/C28H56O4/c1-8-14-15-16-17-20-23-27(32-25-9-2,24-21-18-19-22-26(7)10-3)28(29-11-4,30-12-5)31-13-6/h9,25-26H,8,10-24H2,1-7H3. The van der Waals surface area contributed by atoms with E-state index in [2.05, 4.69) is 20.8 Å². The second-order valence-corrected chi connectivity index (χ2v) is 9.07. The second kappa shape index (κ2) is 19.9. The molecule has 2 atom stereocenters. The van der Waals surface area contributed by atoms with E-state index >= 15 is 0 Å². The highest BCUT2D eigenvalue weighted by Gasteiger charge is 2.56. The highest BCUT2D eigenvalue weighted by Crippen LogP contribution is 2.42. The molecule has 192 valence electrons. The molecular formula is C28H56O4. The maximum absolute atomic E-state index is 6.52. The number of hydrogen-bond donors (Lipinski definition) is 0. The lowest BCUT2D eigenvalue weighted by atomic mass is 9.86. The van der Waals surface area contributed by atoms with Crippen molar-refractivity contribution in [3.63, 3.8) is 0 Å². The van der Waals surface area contributed by atoms with Gasteiger partial charge in [0.15, 0.2) is 5.60 Å². The molecule has 0 aromatic carbocycles. The van der Waals surface area contributed by atoms with Crippen molar-refractivity contribution < 1.29 is 18.9 Å². The van der Waals surface area contributed by atoms with Gasteiger partial charge >= 0.3 is 5.97 Å². The Morgan fingerprint density at radius 1 is 0.688 bits per heavy atom. The molecule has 0 spiro atoms. The van der Waals surface area contributed by atoms with E-state index in [4.69, 9.17) is 18.9 Å². The fraction of sp³-hybridized carbons (Fsp3) is 0.929. The van der Waals surface area contributed by atoms with Crippen LogP contribution in [0.2, 0.25) is 0 Å². The van der Waals surface area contributed by atoms with Gasteiger partial charge in [-0.1, -0.05) is 84.6 Å². The average molecular weight is 457 g/mol. The molecule has 0 saturated carbocycles. The van der Waals surface area contributed by atoms with Gasteiger partial charge in [-0.05, 0) is 59.3 Å². The first kappa shape index (κ1) is 31.4. The van der Waals surface area contributed by atoms with Crippen LogP contribution in [0.3, 0.4) is 0 Å². The van der Waals surface area contributed by atoms with E-state index in [0.717, 1.165) is 31.6 Å². The third-order valence-electron chi connectivity index (χ3n) is 6.40. The van der Waals surface area contributed by atoms with Gasteiger partial charge in [0.25, 0.3) is 0 Å². The third-order valence-corrected chi connectivity index (χ3v) is 6.40. The molecule has 4 heteroatoms. The summed E-state index contributed by atoms with van der Waals surface area (Å²) in [6.07, 6.45) is 19.0. The van der Waals surface area contributed by atoms with Crippen LogP contribution in [0, 0.1) is 5.92 Å². The number of unbranched alkanes of at least 4 members (excludes halogenated alkanes) is 7. The van der Waals surface area contributed by atoms with Crippen molar-refractivity contribution in [2.45, 2.75) is 144 Å². The maximum Gasteiger partial charge on any atom is 0.325 e. The van der Waals surface area contributed by atoms with Gasteiger partial charge < -0.3 is 18.9 Å². The molecule has 0 aromatic rings. The summed E-state index contributed by atoms with van der Waals surface area (Å²) < 4.78 is 25.4. The highest BCUT2D eigenvalue weighted by atomic mass is 16.9. The average Bonchev–Trinajstić information content (AvgIpc) is 2.79. The SMILES string of the molecule is CC=COC(CCCCCCCC)(CCCCCC(C)CC)C(OCC)(OCC)OCC. The summed E-state index contributed by atoms with van der Waals surface area (Å²) in [6.45, 7) is 16.5. The molecule has 0 radical (unpaired) electrons. The highest BCUT2D eigenvalue weighted by molar-refractivity contribution is 4.94. The third kappa shape index (κ3) is 11.5. The zero-order valence-corrected chi connectivity index (χ0v) is 22.7. The zero-order chi connectivity index (χ0) is 24.1. The van der Waals surface area contributed by atoms with Crippen LogP contribution in [0.4, 0.5) is 0 Å². The van der Waals surface area contributed by atoms with E-state index in [-0.39, 0.29) is 0 Å². The van der Waals surface area contributed by atoms with E-state index in [0.29, 0.717) is 19.8 Å². The van der Waals surface area contributed by atoms with Crippen LogP contribution in [-0.4, -0.2) is 31.4 Å². The Balaban J connectivity index is 5.61. The number of rotatable bonds is 23. The molecule has 0 aliphatic carbocycles. The van der Waals surface area contributed by atoms with Crippen LogP contribution in [0.25, 0.3) is 0 Å². The van der Waals surface area contributed by atoms with Crippen molar-refractivity contribution in [1.82, 2.24) is 0 Å². The summed E-state index contributed by atoms with van der Waals surface area (Å²) >= 11 is 0. The Morgan fingerprint density at radius 3 is 1.66 bits per heavy atom. The predicted octanol–water partition coefficient (Wildman–Crippen LogP) is 8.79. The van der Waals surface area contributed by atoms with Gasteiger partial charge in [0.05, 0.1) is 6.26 Å². The smallest absolute Gasteiger partial charge is 0.325 e. The van der Waals surface area contributed by atoms with Crippen LogP contribution in [0.15, 0.2) is 12.3 Å². The van der Waals surface area contributed by atoms with Crippen molar-refractivity contribution in [2.24, 2.45) is 5.92 Å². The van der Waals surface area contributed by atoms with E-state index in [9.17, 15) is 0 Å². The molecule has 0 saturated heterocycles. The first-order valence-corrected chi connectivity index (χ1v) is 13.7. The van der Waals surface area contributed by atoms with Crippen LogP contribution in [0.5, 0.6) is 0 Å². The Kier molecular flexibility index (Phi) is 19.5. The van der Waals surface area contributed by atoms with Crippen molar-refractivity contribution in [2.75, 3.05) is 19.8 Å². The molecule has 2 unspecified atom stereocenters. The Hall–Kier alpha value is -0.580.